The molecule has 0 radical (unpaired) electrons. The first-order valence-electron chi connectivity index (χ1n) is 6.10. The predicted molar refractivity (Wildman–Crippen MR) is 80.6 cm³/mol. The monoisotopic (exact) mass is 337 g/mol. The Morgan fingerprint density at radius 3 is 2.60 bits per heavy atom. The van der Waals surface area contributed by atoms with Crippen molar-refractivity contribution >= 4 is 15.9 Å². The van der Waals surface area contributed by atoms with E-state index in [1.807, 2.05) is 25.1 Å². The van der Waals surface area contributed by atoms with Crippen molar-refractivity contribution in [3.63, 3.8) is 0 Å². The Kier molecular flexibility index (Phi) is 4.84. The number of ether oxygens (including phenoxy) is 3. The Bertz CT molecular complexity index is 602. The average Bonchev–Trinajstić information content (AvgIpc) is 2.47. The molecule has 0 spiro atoms. The number of hydrogen-bond acceptors (Lipinski definition) is 4. The molecule has 0 aliphatic heterocycles. The second kappa shape index (κ2) is 6.61. The number of halogens is 1. The first-order valence-corrected chi connectivity index (χ1v) is 6.89. The zero-order valence-corrected chi connectivity index (χ0v) is 13.2. The Labute approximate surface area is 126 Å². The van der Waals surface area contributed by atoms with Gasteiger partial charge in [0.15, 0.2) is 11.5 Å². The molecule has 1 aromatic heterocycles. The van der Waals surface area contributed by atoms with Gasteiger partial charge >= 0.3 is 0 Å². The number of methoxy groups -OCH3 is 2. The first-order chi connectivity index (χ1) is 9.65. The van der Waals surface area contributed by atoms with Crippen LogP contribution in [0.25, 0.3) is 0 Å². The maximum Gasteiger partial charge on any atom is 0.185 e. The maximum absolute atomic E-state index is 5.75. The SMILES string of the molecule is COc1ccnc(COc2ccc(Br)c(C)c2)c1OC. The Morgan fingerprint density at radius 1 is 1.15 bits per heavy atom. The predicted octanol–water partition coefficient (Wildman–Crippen LogP) is 3.75. The van der Waals surface area contributed by atoms with E-state index in [4.69, 9.17) is 14.2 Å². The van der Waals surface area contributed by atoms with Crippen molar-refractivity contribution in [1.29, 1.82) is 0 Å². The number of nitrogens with zero attached hydrogens (tertiary/aromatic N) is 1. The zero-order chi connectivity index (χ0) is 14.5. The Morgan fingerprint density at radius 2 is 1.95 bits per heavy atom. The van der Waals surface area contributed by atoms with E-state index in [1.165, 1.54) is 0 Å². The minimum atomic E-state index is 0.321. The lowest BCUT2D eigenvalue weighted by molar-refractivity contribution is 0.284. The summed E-state index contributed by atoms with van der Waals surface area (Å²) < 4.78 is 17.4. The molecule has 0 bridgehead atoms. The molecule has 1 aromatic carbocycles. The summed E-state index contributed by atoms with van der Waals surface area (Å²) in [5.74, 6) is 2.04. The molecule has 20 heavy (non-hydrogen) atoms. The molecule has 0 saturated carbocycles. The summed E-state index contributed by atoms with van der Waals surface area (Å²) in [4.78, 5) is 4.27. The van der Waals surface area contributed by atoms with Crippen LogP contribution < -0.4 is 14.2 Å². The van der Waals surface area contributed by atoms with Gasteiger partial charge in [0, 0.05) is 16.7 Å². The number of aromatic nitrogens is 1. The van der Waals surface area contributed by atoms with E-state index >= 15 is 0 Å². The highest BCUT2D eigenvalue weighted by molar-refractivity contribution is 9.10. The fraction of sp³-hybridized carbons (Fsp3) is 0.267. The van der Waals surface area contributed by atoms with Gasteiger partial charge in [-0.1, -0.05) is 15.9 Å². The second-order valence-corrected chi connectivity index (χ2v) is 5.05. The minimum Gasteiger partial charge on any atom is -0.493 e. The van der Waals surface area contributed by atoms with Gasteiger partial charge in [0.05, 0.1) is 14.2 Å². The smallest absolute Gasteiger partial charge is 0.185 e. The molecule has 0 atom stereocenters. The van der Waals surface area contributed by atoms with E-state index < -0.39 is 0 Å². The van der Waals surface area contributed by atoms with Crippen molar-refractivity contribution in [1.82, 2.24) is 4.98 Å². The lowest BCUT2D eigenvalue weighted by Gasteiger charge is -2.12. The minimum absolute atomic E-state index is 0.321. The molecule has 4 nitrogen and oxygen atoms in total. The summed E-state index contributed by atoms with van der Waals surface area (Å²) in [7, 11) is 3.19. The number of hydrogen-bond donors (Lipinski definition) is 0. The lowest BCUT2D eigenvalue weighted by atomic mass is 10.2. The molecule has 0 aliphatic carbocycles. The number of aryl methyl sites for hydroxylation is 1. The summed E-state index contributed by atoms with van der Waals surface area (Å²) in [6.45, 7) is 2.34. The van der Waals surface area contributed by atoms with Crippen LogP contribution in [0.5, 0.6) is 17.2 Å². The summed E-state index contributed by atoms with van der Waals surface area (Å²) in [5.41, 5.74) is 1.82. The average molecular weight is 338 g/mol. The van der Waals surface area contributed by atoms with Gasteiger partial charge in [-0.3, -0.25) is 4.98 Å². The fourth-order valence-corrected chi connectivity index (χ4v) is 2.06. The standard InChI is InChI=1S/C15H16BrNO3/c1-10-8-11(4-5-12(10)16)20-9-13-15(19-3)14(18-2)6-7-17-13/h4-8H,9H2,1-3H3. The van der Waals surface area contributed by atoms with Crippen molar-refractivity contribution in [3.8, 4) is 17.2 Å². The maximum atomic E-state index is 5.75. The molecule has 0 N–H and O–H groups in total. The normalized spacial score (nSPS) is 10.2. The van der Waals surface area contributed by atoms with Crippen LogP contribution in [0.2, 0.25) is 0 Å². The van der Waals surface area contributed by atoms with Crippen LogP contribution in [0, 0.1) is 6.92 Å². The summed E-state index contributed by atoms with van der Waals surface area (Å²) in [6, 6.07) is 7.59. The molecule has 0 amide bonds. The van der Waals surface area contributed by atoms with Gasteiger partial charge in [-0.15, -0.1) is 0 Å². The fourth-order valence-electron chi connectivity index (χ4n) is 1.81. The highest BCUT2D eigenvalue weighted by Crippen LogP contribution is 2.30. The van der Waals surface area contributed by atoms with E-state index in [1.54, 1.807) is 26.5 Å². The molecule has 106 valence electrons. The van der Waals surface area contributed by atoms with Crippen molar-refractivity contribution < 1.29 is 14.2 Å². The summed E-state index contributed by atoms with van der Waals surface area (Å²) in [5, 5.41) is 0. The van der Waals surface area contributed by atoms with E-state index in [2.05, 4.69) is 20.9 Å². The highest BCUT2D eigenvalue weighted by atomic mass is 79.9. The number of benzene rings is 1. The van der Waals surface area contributed by atoms with Crippen molar-refractivity contribution in [2.24, 2.45) is 0 Å². The van der Waals surface area contributed by atoms with Crippen LogP contribution in [-0.2, 0) is 6.61 Å². The van der Waals surface area contributed by atoms with Crippen molar-refractivity contribution in [2.45, 2.75) is 13.5 Å². The molecule has 2 rings (SSSR count). The third-order valence-corrected chi connectivity index (χ3v) is 3.76. The number of rotatable bonds is 5. The van der Waals surface area contributed by atoms with Crippen LogP contribution >= 0.6 is 15.9 Å². The van der Waals surface area contributed by atoms with Gasteiger partial charge in [-0.05, 0) is 30.7 Å². The number of pyridine rings is 1. The summed E-state index contributed by atoms with van der Waals surface area (Å²) >= 11 is 3.46. The molecular weight excluding hydrogens is 322 g/mol. The van der Waals surface area contributed by atoms with E-state index in [-0.39, 0.29) is 0 Å². The molecule has 0 unspecified atom stereocenters. The lowest BCUT2D eigenvalue weighted by Crippen LogP contribution is -2.03. The Hall–Kier alpha value is -1.75. The molecule has 1 heterocycles. The van der Waals surface area contributed by atoms with Gasteiger partial charge in [0.25, 0.3) is 0 Å². The first kappa shape index (κ1) is 14.7. The second-order valence-electron chi connectivity index (χ2n) is 4.19. The molecule has 0 fully saturated rings. The van der Waals surface area contributed by atoms with Gasteiger partial charge < -0.3 is 14.2 Å². The molecule has 2 aromatic rings. The third kappa shape index (κ3) is 3.22. The molecular formula is C15H16BrNO3. The van der Waals surface area contributed by atoms with Gasteiger partial charge in [0.1, 0.15) is 18.1 Å². The molecule has 0 aliphatic rings. The zero-order valence-electron chi connectivity index (χ0n) is 11.6. The van der Waals surface area contributed by atoms with Crippen LogP contribution in [0.1, 0.15) is 11.3 Å². The Balaban J connectivity index is 2.16. The van der Waals surface area contributed by atoms with E-state index in [0.717, 1.165) is 15.8 Å². The van der Waals surface area contributed by atoms with Crippen molar-refractivity contribution in [3.05, 3.63) is 46.2 Å². The van der Waals surface area contributed by atoms with E-state index in [9.17, 15) is 0 Å². The van der Waals surface area contributed by atoms with Gasteiger partial charge in [0.2, 0.25) is 0 Å². The quantitative estimate of drug-likeness (QED) is 0.833. The largest absolute Gasteiger partial charge is 0.493 e. The van der Waals surface area contributed by atoms with E-state index in [0.29, 0.717) is 23.8 Å². The van der Waals surface area contributed by atoms with Crippen LogP contribution in [0.15, 0.2) is 34.9 Å². The van der Waals surface area contributed by atoms with Gasteiger partial charge in [-0.2, -0.15) is 0 Å². The van der Waals surface area contributed by atoms with Crippen LogP contribution in [-0.4, -0.2) is 19.2 Å². The summed E-state index contributed by atoms with van der Waals surface area (Å²) in [6.07, 6.45) is 1.67. The van der Waals surface area contributed by atoms with Crippen LogP contribution in [0.3, 0.4) is 0 Å². The molecule has 0 saturated heterocycles. The van der Waals surface area contributed by atoms with Crippen molar-refractivity contribution in [2.75, 3.05) is 14.2 Å². The topological polar surface area (TPSA) is 40.6 Å². The third-order valence-electron chi connectivity index (χ3n) is 2.87. The highest BCUT2D eigenvalue weighted by Gasteiger charge is 2.11. The van der Waals surface area contributed by atoms with Gasteiger partial charge in [-0.25, -0.2) is 0 Å². The van der Waals surface area contributed by atoms with Crippen LogP contribution in [0.4, 0.5) is 0 Å². The molecule has 5 heteroatoms.